The number of benzene rings is 1. The largest absolute Gasteiger partial charge is 0.383 e. The van der Waals surface area contributed by atoms with Gasteiger partial charge in [-0.15, -0.1) is 0 Å². The lowest BCUT2D eigenvalue weighted by Gasteiger charge is -2.18. The Kier molecular flexibility index (Phi) is 8.47. The molecule has 1 rings (SSSR count). The van der Waals surface area contributed by atoms with Gasteiger partial charge < -0.3 is 14.8 Å². The van der Waals surface area contributed by atoms with Gasteiger partial charge in [-0.1, -0.05) is 43.7 Å². The quantitative estimate of drug-likeness (QED) is 0.649. The van der Waals surface area contributed by atoms with Crippen LogP contribution in [0.4, 0.5) is 0 Å². The summed E-state index contributed by atoms with van der Waals surface area (Å²) in [6.07, 6.45) is 2.32. The molecule has 0 saturated heterocycles. The van der Waals surface area contributed by atoms with Gasteiger partial charge >= 0.3 is 0 Å². The van der Waals surface area contributed by atoms with Crippen LogP contribution in [0.5, 0.6) is 0 Å². The number of rotatable bonds is 10. The predicted molar refractivity (Wildman–Crippen MR) is 74.8 cm³/mol. The normalized spacial score (nSPS) is 12.6. The third-order valence-electron chi connectivity index (χ3n) is 2.81. The Balaban J connectivity index is 2.26. The van der Waals surface area contributed by atoms with E-state index in [2.05, 4.69) is 36.5 Å². The Bertz CT molecular complexity index is 290. The van der Waals surface area contributed by atoms with Crippen molar-refractivity contribution in [2.45, 2.75) is 25.8 Å². The van der Waals surface area contributed by atoms with E-state index >= 15 is 0 Å². The third-order valence-corrected chi connectivity index (χ3v) is 2.81. The molecular weight excluding hydrogens is 226 g/mol. The molecule has 0 radical (unpaired) electrons. The molecule has 1 unspecified atom stereocenters. The number of nitrogens with one attached hydrogen (secondary N) is 1. The van der Waals surface area contributed by atoms with Gasteiger partial charge in [-0.25, -0.2) is 0 Å². The zero-order valence-electron chi connectivity index (χ0n) is 11.5. The van der Waals surface area contributed by atoms with Crippen LogP contribution in [0.3, 0.4) is 0 Å². The molecule has 0 saturated carbocycles. The lowest BCUT2D eigenvalue weighted by molar-refractivity contribution is 0.121. The molecule has 0 aliphatic heterocycles. The van der Waals surface area contributed by atoms with Crippen molar-refractivity contribution >= 4 is 0 Å². The summed E-state index contributed by atoms with van der Waals surface area (Å²) < 4.78 is 10.8. The van der Waals surface area contributed by atoms with E-state index in [-0.39, 0.29) is 6.04 Å². The lowest BCUT2D eigenvalue weighted by atomic mass is 10.1. The fourth-order valence-electron chi connectivity index (χ4n) is 1.78. The zero-order valence-corrected chi connectivity index (χ0v) is 11.5. The molecule has 3 heteroatoms. The highest BCUT2D eigenvalue weighted by Gasteiger charge is 2.09. The molecule has 0 bridgehead atoms. The van der Waals surface area contributed by atoms with Crippen molar-refractivity contribution in [3.05, 3.63) is 35.9 Å². The van der Waals surface area contributed by atoms with Crippen LogP contribution in [0.15, 0.2) is 30.3 Å². The first-order chi connectivity index (χ1) is 8.88. The van der Waals surface area contributed by atoms with E-state index in [1.54, 1.807) is 7.11 Å². The monoisotopic (exact) mass is 251 g/mol. The van der Waals surface area contributed by atoms with Crippen molar-refractivity contribution in [1.29, 1.82) is 0 Å². The molecule has 1 aromatic rings. The minimum atomic E-state index is 0.242. The molecule has 1 N–H and O–H groups in total. The average molecular weight is 251 g/mol. The molecule has 0 spiro atoms. The summed E-state index contributed by atoms with van der Waals surface area (Å²) in [5.41, 5.74) is 1.26. The Hall–Kier alpha value is -0.900. The van der Waals surface area contributed by atoms with Crippen molar-refractivity contribution in [3.63, 3.8) is 0 Å². The van der Waals surface area contributed by atoms with Crippen LogP contribution in [-0.2, 0) is 9.47 Å². The van der Waals surface area contributed by atoms with Crippen molar-refractivity contribution < 1.29 is 9.47 Å². The molecule has 102 valence electrons. The lowest BCUT2D eigenvalue weighted by Crippen LogP contribution is -2.28. The molecule has 18 heavy (non-hydrogen) atoms. The first-order valence-electron chi connectivity index (χ1n) is 6.73. The van der Waals surface area contributed by atoms with Crippen LogP contribution in [0.2, 0.25) is 0 Å². The van der Waals surface area contributed by atoms with E-state index in [1.807, 2.05) is 6.07 Å². The highest BCUT2D eigenvalue weighted by Crippen LogP contribution is 2.12. The second-order valence-corrected chi connectivity index (χ2v) is 4.34. The van der Waals surface area contributed by atoms with Gasteiger partial charge in [-0.05, 0) is 12.0 Å². The van der Waals surface area contributed by atoms with Gasteiger partial charge in [0.1, 0.15) is 0 Å². The van der Waals surface area contributed by atoms with E-state index in [1.165, 1.54) is 12.0 Å². The number of hydrogen-bond donors (Lipinski definition) is 1. The van der Waals surface area contributed by atoms with Gasteiger partial charge in [0, 0.05) is 20.3 Å². The topological polar surface area (TPSA) is 30.5 Å². The SMILES string of the molecule is CCCCOCCNC(COC)c1ccccc1. The van der Waals surface area contributed by atoms with Crippen molar-refractivity contribution in [1.82, 2.24) is 5.32 Å². The molecule has 3 nitrogen and oxygen atoms in total. The van der Waals surface area contributed by atoms with Crippen LogP contribution in [0, 0.1) is 0 Å². The summed E-state index contributed by atoms with van der Waals surface area (Å²) in [6.45, 7) is 5.32. The average Bonchev–Trinajstić information content (AvgIpc) is 2.42. The van der Waals surface area contributed by atoms with Gasteiger partial charge in [-0.3, -0.25) is 0 Å². The highest BCUT2D eigenvalue weighted by atomic mass is 16.5. The van der Waals surface area contributed by atoms with Crippen LogP contribution in [0.1, 0.15) is 31.4 Å². The number of unbranched alkanes of at least 4 members (excludes halogenated alkanes) is 1. The minimum Gasteiger partial charge on any atom is -0.383 e. The van der Waals surface area contributed by atoms with Gasteiger partial charge in [0.2, 0.25) is 0 Å². The Morgan fingerprint density at radius 2 is 1.94 bits per heavy atom. The fourth-order valence-corrected chi connectivity index (χ4v) is 1.78. The molecule has 0 fully saturated rings. The molecule has 0 aromatic heterocycles. The Labute approximate surface area is 110 Å². The van der Waals surface area contributed by atoms with E-state index < -0.39 is 0 Å². The minimum absolute atomic E-state index is 0.242. The standard InChI is InChI=1S/C15H25NO2/c1-3-4-11-18-12-10-16-15(13-17-2)14-8-6-5-7-9-14/h5-9,15-16H,3-4,10-13H2,1-2H3. The zero-order chi connectivity index (χ0) is 13.1. The second kappa shape index (κ2) is 10.1. The van der Waals surface area contributed by atoms with Crippen molar-refractivity contribution in [2.75, 3.05) is 33.5 Å². The molecule has 0 heterocycles. The maximum absolute atomic E-state index is 5.54. The predicted octanol–water partition coefficient (Wildman–Crippen LogP) is 2.78. The smallest absolute Gasteiger partial charge is 0.0657 e. The summed E-state index contributed by atoms with van der Waals surface area (Å²) in [4.78, 5) is 0. The van der Waals surface area contributed by atoms with Crippen molar-refractivity contribution in [3.8, 4) is 0 Å². The van der Waals surface area contributed by atoms with Crippen LogP contribution in [-0.4, -0.2) is 33.5 Å². The summed E-state index contributed by atoms with van der Waals surface area (Å²) >= 11 is 0. The fraction of sp³-hybridized carbons (Fsp3) is 0.600. The first kappa shape index (κ1) is 15.2. The third kappa shape index (κ3) is 6.15. The van der Waals surface area contributed by atoms with Gasteiger partial charge in [0.05, 0.1) is 19.3 Å². The first-order valence-corrected chi connectivity index (χ1v) is 6.73. The molecular formula is C15H25NO2. The van der Waals surface area contributed by atoms with Crippen LogP contribution in [0.25, 0.3) is 0 Å². The second-order valence-electron chi connectivity index (χ2n) is 4.34. The van der Waals surface area contributed by atoms with Crippen LogP contribution < -0.4 is 5.32 Å². The molecule has 0 amide bonds. The summed E-state index contributed by atoms with van der Waals surface area (Å²) in [6, 6.07) is 10.6. The Morgan fingerprint density at radius 3 is 2.61 bits per heavy atom. The van der Waals surface area contributed by atoms with E-state index in [4.69, 9.17) is 9.47 Å². The summed E-state index contributed by atoms with van der Waals surface area (Å²) in [7, 11) is 1.73. The molecule has 1 aromatic carbocycles. The summed E-state index contributed by atoms with van der Waals surface area (Å²) in [5, 5.41) is 3.46. The maximum atomic E-state index is 5.54. The maximum Gasteiger partial charge on any atom is 0.0657 e. The van der Waals surface area contributed by atoms with Crippen molar-refractivity contribution in [2.24, 2.45) is 0 Å². The molecule has 1 atom stereocenters. The van der Waals surface area contributed by atoms with Crippen LogP contribution >= 0.6 is 0 Å². The van der Waals surface area contributed by atoms with Gasteiger partial charge in [0.25, 0.3) is 0 Å². The molecule has 0 aliphatic rings. The molecule has 0 aliphatic carbocycles. The number of methoxy groups -OCH3 is 1. The van der Waals surface area contributed by atoms with E-state index in [0.29, 0.717) is 6.61 Å². The van der Waals surface area contributed by atoms with E-state index in [9.17, 15) is 0 Å². The Morgan fingerprint density at radius 1 is 1.17 bits per heavy atom. The van der Waals surface area contributed by atoms with Gasteiger partial charge in [0.15, 0.2) is 0 Å². The number of hydrogen-bond acceptors (Lipinski definition) is 3. The summed E-state index contributed by atoms with van der Waals surface area (Å²) in [5.74, 6) is 0. The number of ether oxygens (including phenoxy) is 2. The highest BCUT2D eigenvalue weighted by molar-refractivity contribution is 5.18. The van der Waals surface area contributed by atoms with Gasteiger partial charge in [-0.2, -0.15) is 0 Å². The van der Waals surface area contributed by atoms with E-state index in [0.717, 1.165) is 26.2 Å².